The van der Waals surface area contributed by atoms with E-state index in [-0.39, 0.29) is 29.5 Å². The number of nitrogens with two attached hydrogens (primary N) is 1. The molecule has 0 radical (unpaired) electrons. The lowest BCUT2D eigenvalue weighted by Crippen LogP contribution is -2.23. The zero-order valence-corrected chi connectivity index (χ0v) is 14.7. The maximum atomic E-state index is 12.3. The van der Waals surface area contributed by atoms with Gasteiger partial charge >= 0.3 is 0 Å². The Balaban J connectivity index is 0.00000208. The summed E-state index contributed by atoms with van der Waals surface area (Å²) in [5.74, 6) is -0.667. The van der Waals surface area contributed by atoms with E-state index < -0.39 is 15.9 Å². The molecule has 7 nitrogen and oxygen atoms in total. The lowest BCUT2D eigenvalue weighted by Gasteiger charge is -2.07. The van der Waals surface area contributed by atoms with Gasteiger partial charge in [0.1, 0.15) is 10.6 Å². The van der Waals surface area contributed by atoms with Crippen molar-refractivity contribution in [1.82, 2.24) is 14.6 Å². The lowest BCUT2D eigenvalue weighted by atomic mass is 10.1. The van der Waals surface area contributed by atoms with Crippen LogP contribution in [0.15, 0.2) is 35.4 Å². The van der Waals surface area contributed by atoms with Gasteiger partial charge in [0.2, 0.25) is 10.0 Å². The van der Waals surface area contributed by atoms with Crippen LogP contribution in [-0.4, -0.2) is 18.9 Å². The van der Waals surface area contributed by atoms with Crippen molar-refractivity contribution in [3.63, 3.8) is 0 Å². The first-order valence-electron chi connectivity index (χ1n) is 7.14. The number of hydrogen-bond acceptors (Lipinski definition) is 4. The highest BCUT2D eigenvalue weighted by Crippen LogP contribution is 2.18. The highest BCUT2D eigenvalue weighted by atomic mass is 35.5. The first kappa shape index (κ1) is 18.5. The van der Waals surface area contributed by atoms with E-state index in [4.69, 9.17) is 5.73 Å². The van der Waals surface area contributed by atoms with E-state index >= 15 is 0 Å². The van der Waals surface area contributed by atoms with Gasteiger partial charge in [-0.15, -0.1) is 12.4 Å². The van der Waals surface area contributed by atoms with Crippen molar-refractivity contribution in [2.24, 2.45) is 12.8 Å². The number of carbonyl (C=O) groups is 1. The molecule has 2 heterocycles. The number of primary amides is 1. The Labute approximate surface area is 146 Å². The second-order valence-electron chi connectivity index (χ2n) is 5.57. The number of sulfonamides is 1. The third-order valence-corrected chi connectivity index (χ3v) is 5.28. The number of aryl methyl sites for hydroxylation is 1. The van der Waals surface area contributed by atoms with Crippen LogP contribution in [0.3, 0.4) is 0 Å². The summed E-state index contributed by atoms with van der Waals surface area (Å²) in [6, 6.07) is 7.19. The first-order chi connectivity index (χ1) is 10.9. The van der Waals surface area contributed by atoms with E-state index in [1.165, 1.54) is 28.0 Å². The molecule has 4 N–H and O–H groups in total. The molecular weight excluding hydrogens is 352 g/mol. The predicted octanol–water partition coefficient (Wildman–Crippen LogP) is 0.628. The molecular formula is C15H19ClN4O3S. The van der Waals surface area contributed by atoms with Crippen molar-refractivity contribution >= 4 is 28.3 Å². The Morgan fingerprint density at radius 3 is 2.67 bits per heavy atom. The topological polar surface area (TPSA) is 106 Å². The van der Waals surface area contributed by atoms with Gasteiger partial charge in [-0.25, -0.2) is 13.1 Å². The first-order valence-corrected chi connectivity index (χ1v) is 8.62. The van der Waals surface area contributed by atoms with Crippen LogP contribution in [-0.2, 0) is 36.7 Å². The number of fused-ring (bicyclic) bond motifs is 1. The average molecular weight is 371 g/mol. The summed E-state index contributed by atoms with van der Waals surface area (Å²) in [7, 11) is -2.13. The van der Waals surface area contributed by atoms with Crippen LogP contribution >= 0.6 is 12.4 Å². The summed E-state index contributed by atoms with van der Waals surface area (Å²) in [6.07, 6.45) is 1.37. The third kappa shape index (κ3) is 3.62. The van der Waals surface area contributed by atoms with Gasteiger partial charge in [-0.05, 0) is 22.8 Å². The van der Waals surface area contributed by atoms with Crippen molar-refractivity contribution < 1.29 is 13.2 Å². The van der Waals surface area contributed by atoms with Crippen LogP contribution in [0.5, 0.6) is 0 Å². The molecule has 0 saturated carbocycles. The minimum absolute atomic E-state index is 0. The number of halogens is 1. The molecule has 1 amide bonds. The minimum Gasteiger partial charge on any atom is -0.364 e. The second-order valence-corrected chi connectivity index (χ2v) is 7.33. The van der Waals surface area contributed by atoms with Crippen molar-refractivity contribution in [3.8, 4) is 0 Å². The number of hydrogen-bond donors (Lipinski definition) is 3. The monoisotopic (exact) mass is 370 g/mol. The summed E-state index contributed by atoms with van der Waals surface area (Å²) >= 11 is 0. The zero-order valence-electron chi connectivity index (χ0n) is 13.1. The third-order valence-electron chi connectivity index (χ3n) is 3.91. The number of benzene rings is 1. The summed E-state index contributed by atoms with van der Waals surface area (Å²) < 4.78 is 28.6. The van der Waals surface area contributed by atoms with Crippen molar-refractivity contribution in [3.05, 3.63) is 52.8 Å². The number of rotatable bonds is 5. The molecule has 130 valence electrons. The van der Waals surface area contributed by atoms with Crippen LogP contribution in [0.1, 0.15) is 27.2 Å². The van der Waals surface area contributed by atoms with Gasteiger partial charge in [0.15, 0.2) is 0 Å². The quantitative estimate of drug-likeness (QED) is 0.717. The average Bonchev–Trinajstić information content (AvgIpc) is 3.11. The zero-order chi connectivity index (χ0) is 16.6. The van der Waals surface area contributed by atoms with Crippen molar-refractivity contribution in [2.75, 3.05) is 0 Å². The molecule has 9 heteroatoms. The molecule has 0 atom stereocenters. The molecule has 24 heavy (non-hydrogen) atoms. The molecule has 0 fully saturated rings. The number of amides is 1. The Bertz CT molecular complexity index is 877. The number of aromatic nitrogens is 1. The molecule has 1 aliphatic rings. The fourth-order valence-corrected chi connectivity index (χ4v) is 3.73. The molecule has 1 aromatic heterocycles. The molecule has 1 aliphatic heterocycles. The highest BCUT2D eigenvalue weighted by Gasteiger charge is 2.19. The molecule has 0 bridgehead atoms. The smallest absolute Gasteiger partial charge is 0.265 e. The van der Waals surface area contributed by atoms with Gasteiger partial charge in [0, 0.05) is 32.9 Å². The van der Waals surface area contributed by atoms with E-state index in [2.05, 4.69) is 10.0 Å². The molecule has 0 aliphatic carbocycles. The summed E-state index contributed by atoms with van der Waals surface area (Å²) in [5, 5.41) is 3.25. The molecule has 0 saturated heterocycles. The maximum absolute atomic E-state index is 12.3. The number of carbonyl (C=O) groups excluding carboxylic acids is 1. The van der Waals surface area contributed by atoms with Gasteiger partial charge in [-0.1, -0.05) is 18.2 Å². The van der Waals surface area contributed by atoms with E-state index in [9.17, 15) is 13.2 Å². The number of nitrogens with zero attached hydrogens (tertiary/aromatic N) is 1. The van der Waals surface area contributed by atoms with Crippen molar-refractivity contribution in [2.45, 2.75) is 24.5 Å². The van der Waals surface area contributed by atoms with E-state index in [0.717, 1.165) is 18.7 Å². The molecule has 1 aromatic carbocycles. The van der Waals surface area contributed by atoms with Gasteiger partial charge < -0.3 is 15.6 Å². The molecule has 0 unspecified atom stereocenters. The molecule has 3 rings (SSSR count). The van der Waals surface area contributed by atoms with Crippen LogP contribution < -0.4 is 15.8 Å². The maximum Gasteiger partial charge on any atom is 0.265 e. The Hall–Kier alpha value is -1.87. The highest BCUT2D eigenvalue weighted by molar-refractivity contribution is 7.89. The fraction of sp³-hybridized carbons (Fsp3) is 0.267. The Kier molecular flexibility index (Phi) is 5.34. The molecule has 2 aromatic rings. The molecule has 0 spiro atoms. The second kappa shape index (κ2) is 6.94. The van der Waals surface area contributed by atoms with Crippen LogP contribution in [0.25, 0.3) is 0 Å². The SMILES string of the molecule is Cl.Cn1cc(S(=O)(=O)NCc2ccc3c(c2)CNC3)cc1C(N)=O. The van der Waals surface area contributed by atoms with Crippen LogP contribution in [0, 0.1) is 0 Å². The lowest BCUT2D eigenvalue weighted by molar-refractivity contribution is 0.0992. The Morgan fingerprint density at radius 1 is 1.29 bits per heavy atom. The normalized spacial score (nSPS) is 13.4. The van der Waals surface area contributed by atoms with E-state index in [0.29, 0.717) is 0 Å². The van der Waals surface area contributed by atoms with Crippen molar-refractivity contribution in [1.29, 1.82) is 0 Å². The fourth-order valence-electron chi connectivity index (χ4n) is 2.65. The van der Waals surface area contributed by atoms with Gasteiger partial charge in [-0.3, -0.25) is 4.79 Å². The van der Waals surface area contributed by atoms with Crippen LogP contribution in [0.4, 0.5) is 0 Å². The van der Waals surface area contributed by atoms with Gasteiger partial charge in [-0.2, -0.15) is 0 Å². The summed E-state index contributed by atoms with van der Waals surface area (Å²) in [6.45, 7) is 1.84. The largest absolute Gasteiger partial charge is 0.364 e. The van der Waals surface area contributed by atoms with E-state index in [1.807, 2.05) is 18.2 Å². The standard InChI is InChI=1S/C15H18N4O3S.ClH/c1-19-9-13(5-14(19)15(16)20)23(21,22)18-6-10-2-3-11-7-17-8-12(11)4-10;/h2-5,9,17-18H,6-8H2,1H3,(H2,16,20);1H. The summed E-state index contributed by atoms with van der Waals surface area (Å²) in [5.41, 5.74) is 8.68. The van der Waals surface area contributed by atoms with E-state index in [1.54, 1.807) is 7.05 Å². The van der Waals surface area contributed by atoms with Gasteiger partial charge in [0.25, 0.3) is 5.91 Å². The van der Waals surface area contributed by atoms with Gasteiger partial charge in [0.05, 0.1) is 0 Å². The predicted molar refractivity (Wildman–Crippen MR) is 92.2 cm³/mol. The number of nitrogens with one attached hydrogen (secondary N) is 2. The Morgan fingerprint density at radius 2 is 2.00 bits per heavy atom. The minimum atomic E-state index is -3.70. The summed E-state index contributed by atoms with van der Waals surface area (Å²) in [4.78, 5) is 11.3. The van der Waals surface area contributed by atoms with Crippen LogP contribution in [0.2, 0.25) is 0 Å².